The number of quaternary nitrogens is 1. The Balaban J connectivity index is 1.59. The van der Waals surface area contributed by atoms with Crippen LogP contribution in [0.3, 0.4) is 0 Å². The predicted octanol–water partition coefficient (Wildman–Crippen LogP) is 2.31. The Labute approximate surface area is 187 Å². The molecule has 3 rings (SSSR count). The third-order valence-corrected chi connectivity index (χ3v) is 4.82. The van der Waals surface area contributed by atoms with Crippen LogP contribution in [-0.2, 0) is 13.1 Å². The van der Waals surface area contributed by atoms with Crippen LogP contribution in [0.1, 0.15) is 42.2 Å². The zero-order valence-corrected chi connectivity index (χ0v) is 18.2. The molecule has 0 aliphatic heterocycles. The Morgan fingerprint density at radius 3 is 2.06 bits per heavy atom. The van der Waals surface area contributed by atoms with Crippen molar-refractivity contribution < 1.29 is 20.1 Å². The van der Waals surface area contributed by atoms with E-state index >= 15 is 0 Å². The van der Waals surface area contributed by atoms with Gasteiger partial charge in [0.25, 0.3) is 11.8 Å². The quantitative estimate of drug-likeness (QED) is 0.509. The summed E-state index contributed by atoms with van der Waals surface area (Å²) in [5.41, 5.74) is 7.44. The van der Waals surface area contributed by atoms with Crippen LogP contribution in [0.25, 0.3) is 0 Å². The van der Waals surface area contributed by atoms with Gasteiger partial charge >= 0.3 is 5.91 Å². The summed E-state index contributed by atoms with van der Waals surface area (Å²) in [4.78, 5) is 38.3. The van der Waals surface area contributed by atoms with E-state index in [0.29, 0.717) is 16.7 Å². The van der Waals surface area contributed by atoms with Gasteiger partial charge in [-0.25, -0.2) is 4.79 Å². The summed E-state index contributed by atoms with van der Waals surface area (Å²) in [6, 6.07) is 21.2. The molecular weight excluding hydrogens is 404 g/mol. The van der Waals surface area contributed by atoms with E-state index in [2.05, 4.69) is 21.3 Å². The lowest BCUT2D eigenvalue weighted by molar-refractivity contribution is -0.255. The Morgan fingerprint density at radius 2 is 1.44 bits per heavy atom. The number of rotatable bonds is 8. The molecule has 0 saturated heterocycles. The first-order valence-corrected chi connectivity index (χ1v) is 10.2. The second-order valence-electron chi connectivity index (χ2n) is 7.77. The molecule has 0 radical (unpaired) electrons. The highest BCUT2D eigenvalue weighted by Crippen LogP contribution is 2.13. The van der Waals surface area contributed by atoms with Crippen molar-refractivity contribution in [2.75, 3.05) is 19.4 Å². The predicted molar refractivity (Wildman–Crippen MR) is 123 cm³/mol. The Kier molecular flexibility index (Phi) is 7.49. The van der Waals surface area contributed by atoms with E-state index in [1.54, 1.807) is 42.5 Å². The van der Waals surface area contributed by atoms with Crippen molar-refractivity contribution in [3.8, 4) is 0 Å². The fourth-order valence-electron chi connectivity index (χ4n) is 3.18. The molecule has 5 N–H and O–H groups in total. The van der Waals surface area contributed by atoms with E-state index in [1.807, 2.05) is 44.4 Å². The van der Waals surface area contributed by atoms with Gasteiger partial charge in [-0.15, -0.1) is 0 Å². The standard InChI is InChI=1S/C25H26N4O3/c1-29(2)16-17-6-12-22(13-7-17)28-25(32)21-5-3-4-18(14-21)15-27-24(31)20-10-8-19(9-11-20)23(26)30/h3-14H,15-16H2,1-2H3,(H2,26,30)(H,27,31)(H,28,32)/p+1. The van der Waals surface area contributed by atoms with Crippen molar-refractivity contribution in [2.24, 2.45) is 0 Å². The number of hydrogen-bond acceptors (Lipinski definition) is 4. The highest BCUT2D eigenvalue weighted by atomic mass is 16.2. The molecule has 3 amide bonds. The zero-order valence-electron chi connectivity index (χ0n) is 18.2. The first kappa shape index (κ1) is 22.9. The average molecular weight is 432 g/mol. The Hall–Kier alpha value is -3.81. The maximum absolute atomic E-state index is 12.6. The molecule has 7 nitrogen and oxygen atoms in total. The molecule has 32 heavy (non-hydrogen) atoms. The maximum atomic E-state index is 12.6. The minimum Gasteiger partial charge on any atom is -0.348 e. The fourth-order valence-corrected chi connectivity index (χ4v) is 3.18. The molecule has 3 aromatic rings. The highest BCUT2D eigenvalue weighted by Gasteiger charge is 2.10. The zero-order chi connectivity index (χ0) is 23.1. The van der Waals surface area contributed by atoms with Gasteiger partial charge in [-0.1, -0.05) is 24.3 Å². The first-order chi connectivity index (χ1) is 15.3. The summed E-state index contributed by atoms with van der Waals surface area (Å²) in [6.07, 6.45) is 0. The molecule has 0 atom stereocenters. The second-order valence-corrected chi connectivity index (χ2v) is 7.77. The van der Waals surface area contributed by atoms with E-state index in [-0.39, 0.29) is 24.3 Å². The van der Waals surface area contributed by atoms with Crippen LogP contribution in [0, 0.1) is 0 Å². The van der Waals surface area contributed by atoms with Crippen molar-refractivity contribution in [3.63, 3.8) is 0 Å². The summed E-state index contributed by atoms with van der Waals surface area (Å²) in [6.45, 7) is 1.11. The van der Waals surface area contributed by atoms with Gasteiger partial charge in [-0.2, -0.15) is 0 Å². The molecule has 0 aromatic heterocycles. The molecule has 164 valence electrons. The summed E-state index contributed by atoms with van der Waals surface area (Å²) < 4.78 is 0. The molecule has 0 aliphatic rings. The van der Waals surface area contributed by atoms with Crippen molar-refractivity contribution in [3.05, 3.63) is 101 Å². The van der Waals surface area contributed by atoms with Crippen LogP contribution in [0.2, 0.25) is 0 Å². The van der Waals surface area contributed by atoms with Crippen LogP contribution in [0.4, 0.5) is 5.69 Å². The van der Waals surface area contributed by atoms with Crippen LogP contribution in [0.15, 0.2) is 72.8 Å². The topological polar surface area (TPSA) is 106 Å². The van der Waals surface area contributed by atoms with Crippen LogP contribution in [-0.4, -0.2) is 36.7 Å². The number of amides is 3. The number of carbonyl (C=O) groups is 3. The van der Waals surface area contributed by atoms with Crippen LogP contribution in [0.5, 0.6) is 0 Å². The smallest absolute Gasteiger partial charge is 0.340 e. The summed E-state index contributed by atoms with van der Waals surface area (Å²) in [5.74, 6) is -0.774. The molecule has 7 heteroatoms. The molecule has 0 saturated carbocycles. The van der Waals surface area contributed by atoms with Crippen molar-refractivity contribution in [2.45, 2.75) is 13.1 Å². The third kappa shape index (κ3) is 6.34. The van der Waals surface area contributed by atoms with E-state index < -0.39 is 0 Å². The van der Waals surface area contributed by atoms with Gasteiger partial charge in [0.2, 0.25) is 0 Å². The summed E-state index contributed by atoms with van der Waals surface area (Å²) in [5, 5.41) is 5.72. The molecule has 0 unspecified atom stereocenters. The molecule has 0 aliphatic carbocycles. The largest absolute Gasteiger partial charge is 0.348 e. The molecule has 0 heterocycles. The SMILES string of the molecule is CN(C)Cc1ccc(NC(=O)c2cccc(CNC(=O)c3ccc(C([NH3+])=O)cc3)c2)cc1. The van der Waals surface area contributed by atoms with Crippen molar-refractivity contribution in [1.82, 2.24) is 10.2 Å². The lowest BCUT2D eigenvalue weighted by atomic mass is 10.1. The number of benzene rings is 3. The van der Waals surface area contributed by atoms with Gasteiger partial charge in [0, 0.05) is 29.9 Å². The highest BCUT2D eigenvalue weighted by molar-refractivity contribution is 6.04. The van der Waals surface area contributed by atoms with Gasteiger partial charge < -0.3 is 15.5 Å². The van der Waals surface area contributed by atoms with Crippen LogP contribution < -0.4 is 16.4 Å². The van der Waals surface area contributed by atoms with Crippen LogP contribution >= 0.6 is 0 Å². The van der Waals surface area contributed by atoms with Gasteiger partial charge in [0.1, 0.15) is 0 Å². The molecule has 3 aromatic carbocycles. The minimum absolute atomic E-state index is 0.216. The molecular formula is C25H27N4O3+. The third-order valence-electron chi connectivity index (χ3n) is 4.82. The summed E-state index contributed by atoms with van der Waals surface area (Å²) >= 11 is 0. The van der Waals surface area contributed by atoms with Gasteiger partial charge in [0.05, 0.1) is 5.56 Å². The number of nitrogens with one attached hydrogen (secondary N) is 2. The molecule has 0 fully saturated rings. The first-order valence-electron chi connectivity index (χ1n) is 10.2. The van der Waals surface area contributed by atoms with E-state index in [4.69, 9.17) is 0 Å². The monoisotopic (exact) mass is 431 g/mol. The van der Waals surface area contributed by atoms with E-state index in [0.717, 1.165) is 17.8 Å². The lowest BCUT2D eigenvalue weighted by Gasteiger charge is -2.11. The number of hydrogen-bond donors (Lipinski definition) is 3. The van der Waals surface area contributed by atoms with E-state index in [9.17, 15) is 14.4 Å². The number of carbonyl (C=O) groups excluding carboxylic acids is 3. The number of nitrogens with zero attached hydrogens (tertiary/aromatic N) is 1. The fraction of sp³-hybridized carbons (Fsp3) is 0.160. The Bertz CT molecular complexity index is 1110. The van der Waals surface area contributed by atoms with Gasteiger partial charge in [-0.05, 0) is 73.8 Å². The van der Waals surface area contributed by atoms with Gasteiger partial charge in [0.15, 0.2) is 0 Å². The summed E-state index contributed by atoms with van der Waals surface area (Å²) in [7, 11) is 4.01. The molecule has 0 spiro atoms. The molecule has 0 bridgehead atoms. The van der Waals surface area contributed by atoms with Gasteiger partial charge in [-0.3, -0.25) is 15.3 Å². The van der Waals surface area contributed by atoms with Crippen molar-refractivity contribution >= 4 is 23.4 Å². The minimum atomic E-state index is -0.295. The van der Waals surface area contributed by atoms with Crippen molar-refractivity contribution in [1.29, 1.82) is 0 Å². The average Bonchev–Trinajstić information content (AvgIpc) is 2.78. The lowest BCUT2D eigenvalue weighted by Crippen LogP contribution is -2.56. The Morgan fingerprint density at radius 1 is 0.781 bits per heavy atom. The maximum Gasteiger partial charge on any atom is 0.340 e. The second kappa shape index (κ2) is 10.5. The normalized spacial score (nSPS) is 10.6. The number of anilines is 1. The van der Waals surface area contributed by atoms with E-state index in [1.165, 1.54) is 5.56 Å².